The minimum absolute atomic E-state index is 0.118. The lowest BCUT2D eigenvalue weighted by molar-refractivity contribution is 0.103. The molecule has 0 aromatic heterocycles. The Morgan fingerprint density at radius 2 is 1.76 bits per heavy atom. The van der Waals surface area contributed by atoms with Crippen molar-refractivity contribution in [3.63, 3.8) is 0 Å². The Morgan fingerprint density at radius 1 is 1.10 bits per heavy atom. The Bertz CT molecular complexity index is 430. The minimum atomic E-state index is -0.335. The van der Waals surface area contributed by atoms with E-state index in [4.69, 9.17) is 9.47 Å². The van der Waals surface area contributed by atoms with Crippen LogP contribution >= 0.6 is 0 Å². The van der Waals surface area contributed by atoms with E-state index in [1.807, 2.05) is 32.9 Å². The highest BCUT2D eigenvalue weighted by Gasteiger charge is 2.14. The van der Waals surface area contributed by atoms with Crippen molar-refractivity contribution in [1.82, 2.24) is 4.90 Å². The summed E-state index contributed by atoms with van der Waals surface area (Å²) in [5, 5.41) is 9.61. The van der Waals surface area contributed by atoms with Crippen LogP contribution in [0.3, 0.4) is 0 Å². The van der Waals surface area contributed by atoms with Gasteiger partial charge in [-0.3, -0.25) is 4.90 Å². The molecule has 0 saturated carbocycles. The van der Waals surface area contributed by atoms with Crippen molar-refractivity contribution in [3.05, 3.63) is 23.8 Å². The van der Waals surface area contributed by atoms with Crippen molar-refractivity contribution in [2.24, 2.45) is 0 Å². The van der Waals surface area contributed by atoms with Gasteiger partial charge < -0.3 is 14.6 Å². The summed E-state index contributed by atoms with van der Waals surface area (Å²) in [5.41, 5.74) is 1.15. The van der Waals surface area contributed by atoms with Crippen molar-refractivity contribution in [2.75, 3.05) is 13.7 Å². The highest BCUT2D eigenvalue weighted by molar-refractivity contribution is 5.43. The zero-order valence-corrected chi connectivity index (χ0v) is 14.1. The standard InChI is InChI=1S/C17H29NO3/c1-12(2)18(10-14(5)19)11-15-7-8-16(21-13(3)4)17(9-15)20-6/h7-9,12-14,19H,10-11H2,1-6H3. The van der Waals surface area contributed by atoms with Gasteiger partial charge >= 0.3 is 0 Å². The summed E-state index contributed by atoms with van der Waals surface area (Å²) in [4.78, 5) is 2.24. The molecule has 0 aliphatic heterocycles. The molecule has 1 unspecified atom stereocenters. The average Bonchev–Trinajstić information content (AvgIpc) is 2.38. The molecule has 1 aromatic rings. The molecule has 0 aliphatic rings. The van der Waals surface area contributed by atoms with E-state index >= 15 is 0 Å². The fourth-order valence-electron chi connectivity index (χ4n) is 2.19. The molecule has 0 amide bonds. The summed E-state index contributed by atoms with van der Waals surface area (Å²) >= 11 is 0. The second-order valence-corrected chi connectivity index (χ2v) is 6.02. The number of rotatable bonds is 8. The third-order valence-electron chi connectivity index (χ3n) is 3.21. The van der Waals surface area contributed by atoms with Crippen LogP contribution in [-0.2, 0) is 6.54 Å². The second kappa shape index (κ2) is 8.25. The largest absolute Gasteiger partial charge is 0.493 e. The number of methoxy groups -OCH3 is 1. The maximum Gasteiger partial charge on any atom is 0.161 e. The molecule has 0 bridgehead atoms. The molecular weight excluding hydrogens is 266 g/mol. The van der Waals surface area contributed by atoms with E-state index in [-0.39, 0.29) is 12.2 Å². The Morgan fingerprint density at radius 3 is 2.24 bits per heavy atom. The van der Waals surface area contributed by atoms with Gasteiger partial charge in [0.05, 0.1) is 19.3 Å². The molecule has 0 radical (unpaired) electrons. The summed E-state index contributed by atoms with van der Waals surface area (Å²) in [6.07, 6.45) is -0.218. The summed E-state index contributed by atoms with van der Waals surface area (Å²) in [7, 11) is 1.66. The van der Waals surface area contributed by atoms with Gasteiger partial charge in [-0.25, -0.2) is 0 Å². The number of aliphatic hydroxyl groups excluding tert-OH is 1. The normalized spacial score (nSPS) is 13.0. The first-order chi connectivity index (χ1) is 9.83. The number of nitrogens with zero attached hydrogens (tertiary/aromatic N) is 1. The first kappa shape index (κ1) is 17.8. The Hall–Kier alpha value is -1.26. The van der Waals surface area contributed by atoms with E-state index < -0.39 is 0 Å². The van der Waals surface area contributed by atoms with Crippen LogP contribution in [0.15, 0.2) is 18.2 Å². The molecule has 1 aromatic carbocycles. The number of hydrogen-bond acceptors (Lipinski definition) is 4. The van der Waals surface area contributed by atoms with Gasteiger partial charge in [0.25, 0.3) is 0 Å². The molecule has 0 saturated heterocycles. The predicted molar refractivity (Wildman–Crippen MR) is 86.0 cm³/mol. The summed E-state index contributed by atoms with van der Waals surface area (Å²) < 4.78 is 11.1. The number of aliphatic hydroxyl groups is 1. The fourth-order valence-corrected chi connectivity index (χ4v) is 2.19. The zero-order chi connectivity index (χ0) is 16.0. The van der Waals surface area contributed by atoms with Gasteiger partial charge in [0, 0.05) is 19.1 Å². The first-order valence-electron chi connectivity index (χ1n) is 7.59. The monoisotopic (exact) mass is 295 g/mol. The molecule has 1 rings (SSSR count). The topological polar surface area (TPSA) is 41.9 Å². The predicted octanol–water partition coefficient (Wildman–Crippen LogP) is 3.07. The van der Waals surface area contributed by atoms with Crippen molar-refractivity contribution < 1.29 is 14.6 Å². The summed E-state index contributed by atoms with van der Waals surface area (Å²) in [5.74, 6) is 1.52. The summed E-state index contributed by atoms with van der Waals surface area (Å²) in [6.45, 7) is 11.5. The molecule has 0 heterocycles. The maximum atomic E-state index is 9.61. The lowest BCUT2D eigenvalue weighted by Crippen LogP contribution is -2.36. The Balaban J connectivity index is 2.87. The van der Waals surface area contributed by atoms with Gasteiger partial charge in [-0.1, -0.05) is 6.07 Å². The molecule has 1 atom stereocenters. The fraction of sp³-hybridized carbons (Fsp3) is 0.647. The van der Waals surface area contributed by atoms with E-state index in [9.17, 15) is 5.11 Å². The Kier molecular flexibility index (Phi) is 6.99. The molecule has 4 heteroatoms. The second-order valence-electron chi connectivity index (χ2n) is 6.02. The van der Waals surface area contributed by atoms with Crippen molar-refractivity contribution in [2.45, 2.75) is 59.4 Å². The smallest absolute Gasteiger partial charge is 0.161 e. The van der Waals surface area contributed by atoms with E-state index in [0.717, 1.165) is 23.6 Å². The van der Waals surface area contributed by atoms with E-state index in [0.29, 0.717) is 12.6 Å². The van der Waals surface area contributed by atoms with Crippen molar-refractivity contribution >= 4 is 0 Å². The molecular formula is C17H29NO3. The van der Waals surface area contributed by atoms with Gasteiger partial charge in [-0.05, 0) is 52.3 Å². The van der Waals surface area contributed by atoms with E-state index in [1.54, 1.807) is 7.11 Å². The SMILES string of the molecule is COc1cc(CN(CC(C)O)C(C)C)ccc1OC(C)C. The maximum absolute atomic E-state index is 9.61. The highest BCUT2D eigenvalue weighted by Crippen LogP contribution is 2.29. The van der Waals surface area contributed by atoms with Gasteiger partial charge in [-0.15, -0.1) is 0 Å². The van der Waals surface area contributed by atoms with Crippen LogP contribution in [0.2, 0.25) is 0 Å². The van der Waals surface area contributed by atoms with Crippen LogP contribution in [0.1, 0.15) is 40.2 Å². The van der Waals surface area contributed by atoms with Crippen molar-refractivity contribution in [1.29, 1.82) is 0 Å². The molecule has 21 heavy (non-hydrogen) atoms. The average molecular weight is 295 g/mol. The third-order valence-corrected chi connectivity index (χ3v) is 3.21. The van der Waals surface area contributed by atoms with E-state index in [1.165, 1.54) is 0 Å². The van der Waals surface area contributed by atoms with Gasteiger partial charge in [0.1, 0.15) is 0 Å². The van der Waals surface area contributed by atoms with Crippen LogP contribution in [0, 0.1) is 0 Å². The Labute approximate surface area is 128 Å². The van der Waals surface area contributed by atoms with E-state index in [2.05, 4.69) is 24.8 Å². The van der Waals surface area contributed by atoms with Crippen LogP contribution in [-0.4, -0.2) is 41.9 Å². The lowest BCUT2D eigenvalue weighted by atomic mass is 10.1. The highest BCUT2D eigenvalue weighted by atomic mass is 16.5. The van der Waals surface area contributed by atoms with Crippen LogP contribution in [0.4, 0.5) is 0 Å². The van der Waals surface area contributed by atoms with Gasteiger partial charge in [0.15, 0.2) is 11.5 Å². The molecule has 120 valence electrons. The van der Waals surface area contributed by atoms with Gasteiger partial charge in [-0.2, -0.15) is 0 Å². The van der Waals surface area contributed by atoms with Crippen molar-refractivity contribution in [3.8, 4) is 11.5 Å². The van der Waals surface area contributed by atoms with Crippen LogP contribution in [0.25, 0.3) is 0 Å². The number of ether oxygens (including phenoxy) is 2. The number of hydrogen-bond donors (Lipinski definition) is 1. The van der Waals surface area contributed by atoms with Crippen LogP contribution < -0.4 is 9.47 Å². The molecule has 0 aliphatic carbocycles. The molecule has 1 N–H and O–H groups in total. The summed E-state index contributed by atoms with van der Waals surface area (Å²) in [6, 6.07) is 6.39. The zero-order valence-electron chi connectivity index (χ0n) is 14.1. The number of benzene rings is 1. The first-order valence-corrected chi connectivity index (χ1v) is 7.59. The third kappa shape index (κ3) is 5.94. The minimum Gasteiger partial charge on any atom is -0.493 e. The quantitative estimate of drug-likeness (QED) is 0.800. The molecule has 0 fully saturated rings. The molecule has 4 nitrogen and oxygen atoms in total. The molecule has 0 spiro atoms. The van der Waals surface area contributed by atoms with Gasteiger partial charge in [0.2, 0.25) is 0 Å². The van der Waals surface area contributed by atoms with Crippen LogP contribution in [0.5, 0.6) is 11.5 Å². The lowest BCUT2D eigenvalue weighted by Gasteiger charge is -2.28.